The standard InChI is InChI=1S/C10H7F6NO/c11-9(12,13)7-2-6(4-18)8(10(14,15)16)1-5(7)3-17/h1-2,4H,3,17H2. The number of hydrogen-bond acceptors (Lipinski definition) is 2. The Morgan fingerprint density at radius 1 is 1.00 bits per heavy atom. The van der Waals surface area contributed by atoms with Gasteiger partial charge in [-0.1, -0.05) is 0 Å². The van der Waals surface area contributed by atoms with Gasteiger partial charge in [0.05, 0.1) is 11.1 Å². The molecule has 18 heavy (non-hydrogen) atoms. The predicted octanol–water partition coefficient (Wildman–Crippen LogP) is 3.00. The van der Waals surface area contributed by atoms with E-state index in [-0.39, 0.29) is 18.4 Å². The molecule has 0 fully saturated rings. The molecule has 2 nitrogen and oxygen atoms in total. The van der Waals surface area contributed by atoms with E-state index < -0.39 is 41.2 Å². The van der Waals surface area contributed by atoms with Crippen molar-refractivity contribution >= 4 is 6.29 Å². The molecule has 0 heterocycles. The van der Waals surface area contributed by atoms with Crippen molar-refractivity contribution in [1.82, 2.24) is 0 Å². The molecule has 0 bridgehead atoms. The fraction of sp³-hybridized carbons (Fsp3) is 0.300. The molecule has 0 aliphatic carbocycles. The number of alkyl halides is 6. The van der Waals surface area contributed by atoms with Gasteiger partial charge in [-0.2, -0.15) is 26.3 Å². The second-order valence-corrected chi connectivity index (χ2v) is 3.41. The molecule has 0 aliphatic heterocycles. The Bertz CT molecular complexity index is 463. The maximum atomic E-state index is 12.5. The lowest BCUT2D eigenvalue weighted by Gasteiger charge is -2.16. The van der Waals surface area contributed by atoms with Gasteiger partial charge in [-0.25, -0.2) is 0 Å². The Balaban J connectivity index is 3.57. The molecule has 0 saturated heterocycles. The molecule has 1 aromatic rings. The lowest BCUT2D eigenvalue weighted by atomic mass is 9.98. The van der Waals surface area contributed by atoms with Crippen molar-refractivity contribution in [3.05, 3.63) is 34.4 Å². The van der Waals surface area contributed by atoms with Gasteiger partial charge >= 0.3 is 12.4 Å². The fourth-order valence-electron chi connectivity index (χ4n) is 1.44. The topological polar surface area (TPSA) is 43.1 Å². The Labute approximate surface area is 97.4 Å². The molecule has 1 rings (SSSR count). The SMILES string of the molecule is NCc1cc(C(F)(F)F)c(C=O)cc1C(F)(F)F. The number of halogens is 6. The highest BCUT2D eigenvalue weighted by atomic mass is 19.4. The third-order valence-electron chi connectivity index (χ3n) is 2.23. The summed E-state index contributed by atoms with van der Waals surface area (Å²) in [4.78, 5) is 10.5. The van der Waals surface area contributed by atoms with Crippen LogP contribution in [0.15, 0.2) is 12.1 Å². The van der Waals surface area contributed by atoms with E-state index in [1.807, 2.05) is 0 Å². The molecule has 0 unspecified atom stereocenters. The van der Waals surface area contributed by atoms with Crippen molar-refractivity contribution in [2.75, 3.05) is 0 Å². The number of carbonyl (C=O) groups excluding carboxylic acids is 1. The van der Waals surface area contributed by atoms with Gasteiger partial charge in [0.2, 0.25) is 0 Å². The first-order valence-electron chi connectivity index (χ1n) is 4.57. The molecule has 0 atom stereocenters. The summed E-state index contributed by atoms with van der Waals surface area (Å²) in [6.07, 6.45) is -10.0. The van der Waals surface area contributed by atoms with Gasteiger partial charge in [-0.05, 0) is 17.7 Å². The second-order valence-electron chi connectivity index (χ2n) is 3.41. The Morgan fingerprint density at radius 2 is 1.50 bits per heavy atom. The lowest BCUT2D eigenvalue weighted by Crippen LogP contribution is -2.17. The highest BCUT2D eigenvalue weighted by Gasteiger charge is 2.38. The number of benzene rings is 1. The first-order valence-corrected chi connectivity index (χ1v) is 4.57. The van der Waals surface area contributed by atoms with E-state index in [2.05, 4.69) is 0 Å². The van der Waals surface area contributed by atoms with Crippen LogP contribution in [-0.2, 0) is 18.9 Å². The highest BCUT2D eigenvalue weighted by Crippen LogP contribution is 2.38. The minimum atomic E-state index is -4.91. The number of nitrogens with two attached hydrogens (primary N) is 1. The maximum Gasteiger partial charge on any atom is 0.417 e. The monoisotopic (exact) mass is 271 g/mol. The summed E-state index contributed by atoms with van der Waals surface area (Å²) >= 11 is 0. The molecule has 8 heteroatoms. The molecule has 0 amide bonds. The van der Waals surface area contributed by atoms with Gasteiger partial charge in [0, 0.05) is 12.1 Å². The van der Waals surface area contributed by atoms with E-state index in [0.717, 1.165) is 0 Å². The molecule has 100 valence electrons. The van der Waals surface area contributed by atoms with Crippen LogP contribution in [0, 0.1) is 0 Å². The predicted molar refractivity (Wildman–Crippen MR) is 49.7 cm³/mol. The zero-order chi connectivity index (χ0) is 14.1. The molecule has 0 radical (unpaired) electrons. The van der Waals surface area contributed by atoms with Crippen LogP contribution in [0.2, 0.25) is 0 Å². The van der Waals surface area contributed by atoms with Crippen molar-refractivity contribution in [3.8, 4) is 0 Å². The van der Waals surface area contributed by atoms with E-state index >= 15 is 0 Å². The quantitative estimate of drug-likeness (QED) is 0.663. The van der Waals surface area contributed by atoms with E-state index in [9.17, 15) is 31.1 Å². The van der Waals surface area contributed by atoms with Gasteiger partial charge in [0.1, 0.15) is 0 Å². The maximum absolute atomic E-state index is 12.5. The Hall–Kier alpha value is -1.57. The van der Waals surface area contributed by atoms with Crippen LogP contribution >= 0.6 is 0 Å². The van der Waals surface area contributed by atoms with Crippen LogP contribution < -0.4 is 5.73 Å². The van der Waals surface area contributed by atoms with Gasteiger partial charge in [0.15, 0.2) is 6.29 Å². The molecule has 0 saturated carbocycles. The Morgan fingerprint density at radius 3 is 1.83 bits per heavy atom. The fourth-order valence-corrected chi connectivity index (χ4v) is 1.44. The summed E-state index contributed by atoms with van der Waals surface area (Å²) in [7, 11) is 0. The van der Waals surface area contributed by atoms with Crippen LogP contribution in [0.25, 0.3) is 0 Å². The third kappa shape index (κ3) is 2.81. The number of carbonyl (C=O) groups is 1. The van der Waals surface area contributed by atoms with Crippen LogP contribution in [0.4, 0.5) is 26.3 Å². The van der Waals surface area contributed by atoms with Gasteiger partial charge in [-0.15, -0.1) is 0 Å². The van der Waals surface area contributed by atoms with Crippen molar-refractivity contribution in [2.24, 2.45) is 5.73 Å². The molecule has 0 spiro atoms. The van der Waals surface area contributed by atoms with Gasteiger partial charge < -0.3 is 5.73 Å². The molecule has 2 N–H and O–H groups in total. The summed E-state index contributed by atoms with van der Waals surface area (Å²) in [5.41, 5.74) is 0.466. The molecular formula is C10H7F6NO. The molecule has 1 aromatic carbocycles. The van der Waals surface area contributed by atoms with E-state index in [1.165, 1.54) is 0 Å². The van der Waals surface area contributed by atoms with Crippen LogP contribution in [0.1, 0.15) is 27.0 Å². The number of hydrogen-bond donors (Lipinski definition) is 1. The van der Waals surface area contributed by atoms with Crippen molar-refractivity contribution < 1.29 is 31.1 Å². The van der Waals surface area contributed by atoms with Crippen LogP contribution in [0.5, 0.6) is 0 Å². The summed E-state index contributed by atoms with van der Waals surface area (Å²) < 4.78 is 75.1. The highest BCUT2D eigenvalue weighted by molar-refractivity contribution is 5.78. The Kier molecular flexibility index (Phi) is 3.70. The molecular weight excluding hydrogens is 264 g/mol. The summed E-state index contributed by atoms with van der Waals surface area (Å²) in [6.45, 7) is -0.711. The smallest absolute Gasteiger partial charge is 0.326 e. The lowest BCUT2D eigenvalue weighted by molar-refractivity contribution is -0.142. The number of rotatable bonds is 2. The van der Waals surface area contributed by atoms with Gasteiger partial charge in [0.25, 0.3) is 0 Å². The zero-order valence-electron chi connectivity index (χ0n) is 8.69. The summed E-state index contributed by atoms with van der Waals surface area (Å²) in [6, 6.07) is 0.421. The average Bonchev–Trinajstić information content (AvgIpc) is 2.24. The number of aldehydes is 1. The largest absolute Gasteiger partial charge is 0.417 e. The van der Waals surface area contributed by atoms with Crippen molar-refractivity contribution in [2.45, 2.75) is 18.9 Å². The van der Waals surface area contributed by atoms with E-state index in [4.69, 9.17) is 5.73 Å². The van der Waals surface area contributed by atoms with E-state index in [1.54, 1.807) is 0 Å². The minimum Gasteiger partial charge on any atom is -0.326 e. The normalized spacial score (nSPS) is 12.6. The third-order valence-corrected chi connectivity index (χ3v) is 2.23. The molecule has 0 aromatic heterocycles. The zero-order valence-corrected chi connectivity index (χ0v) is 8.69. The van der Waals surface area contributed by atoms with Crippen molar-refractivity contribution in [3.63, 3.8) is 0 Å². The first kappa shape index (κ1) is 14.5. The van der Waals surface area contributed by atoms with Gasteiger partial charge in [-0.3, -0.25) is 4.79 Å². The summed E-state index contributed by atoms with van der Waals surface area (Å²) in [5, 5.41) is 0. The first-order chi connectivity index (χ1) is 8.11. The summed E-state index contributed by atoms with van der Waals surface area (Å²) in [5.74, 6) is 0. The van der Waals surface area contributed by atoms with Crippen LogP contribution in [0.3, 0.4) is 0 Å². The van der Waals surface area contributed by atoms with Crippen LogP contribution in [-0.4, -0.2) is 6.29 Å². The van der Waals surface area contributed by atoms with E-state index in [0.29, 0.717) is 0 Å². The minimum absolute atomic E-state index is 0.165. The average molecular weight is 271 g/mol. The molecule has 0 aliphatic rings. The van der Waals surface area contributed by atoms with Crippen molar-refractivity contribution in [1.29, 1.82) is 0 Å². The second kappa shape index (κ2) is 4.60.